The van der Waals surface area contributed by atoms with E-state index in [0.717, 1.165) is 0 Å². The van der Waals surface area contributed by atoms with Gasteiger partial charge in [0.15, 0.2) is 5.82 Å². The van der Waals surface area contributed by atoms with Crippen LogP contribution in [0.3, 0.4) is 0 Å². The first-order chi connectivity index (χ1) is 9.06. The standard InChI is InChI=1S/C11H14N4O3S/c1-4-18-7(16)5-19-10-8-9(13-6-12-8)14(2)11(17)15(10)3/h6H,4-5H2,1-3H3. The normalized spacial score (nSPS) is 10.9. The first kappa shape index (κ1) is 13.6. The van der Waals surface area contributed by atoms with Crippen molar-refractivity contribution < 1.29 is 9.53 Å². The largest absolute Gasteiger partial charge is 0.465 e. The molecule has 7 nitrogen and oxygen atoms in total. The molecule has 2 rings (SSSR count). The fraction of sp³-hybridized carbons (Fsp3) is 0.455. The van der Waals surface area contributed by atoms with Gasteiger partial charge in [0.25, 0.3) is 0 Å². The van der Waals surface area contributed by atoms with E-state index in [2.05, 4.69) is 9.97 Å². The Bertz CT molecular complexity index is 634. The molecule has 102 valence electrons. The number of hydrogen-bond donors (Lipinski definition) is 0. The number of carbonyl (C=O) groups is 1. The van der Waals surface area contributed by atoms with E-state index in [-0.39, 0.29) is 17.4 Å². The van der Waals surface area contributed by atoms with Crippen LogP contribution >= 0.6 is 11.8 Å². The van der Waals surface area contributed by atoms with E-state index < -0.39 is 0 Å². The van der Waals surface area contributed by atoms with E-state index >= 15 is 0 Å². The highest BCUT2D eigenvalue weighted by Gasteiger charge is 2.20. The molecule has 2 aliphatic rings. The quantitative estimate of drug-likeness (QED) is 0.455. The van der Waals surface area contributed by atoms with Crippen molar-refractivity contribution in [2.24, 2.45) is 14.1 Å². The zero-order valence-corrected chi connectivity index (χ0v) is 11.7. The van der Waals surface area contributed by atoms with Crippen molar-refractivity contribution >= 4 is 17.7 Å². The monoisotopic (exact) mass is 282 g/mol. The molecule has 2 aliphatic heterocycles. The summed E-state index contributed by atoms with van der Waals surface area (Å²) < 4.78 is 7.75. The van der Waals surface area contributed by atoms with Crippen molar-refractivity contribution in [3.05, 3.63) is 16.8 Å². The number of rotatable bonds is 4. The van der Waals surface area contributed by atoms with Crippen LogP contribution in [0.4, 0.5) is 0 Å². The highest BCUT2D eigenvalue weighted by Crippen LogP contribution is 2.27. The molecule has 0 atom stereocenters. The Labute approximate surface area is 114 Å². The van der Waals surface area contributed by atoms with Gasteiger partial charge >= 0.3 is 11.7 Å². The minimum absolute atomic E-state index is 0.136. The lowest BCUT2D eigenvalue weighted by Crippen LogP contribution is -2.30. The van der Waals surface area contributed by atoms with Crippen LogP contribution in [0.1, 0.15) is 6.92 Å². The van der Waals surface area contributed by atoms with Crippen LogP contribution in [0.2, 0.25) is 0 Å². The molecule has 0 aromatic heterocycles. The number of nitrogens with zero attached hydrogens (tertiary/aromatic N) is 4. The fourth-order valence-corrected chi connectivity index (χ4v) is 2.60. The van der Waals surface area contributed by atoms with Gasteiger partial charge in [0.2, 0.25) is 0 Å². The number of imidazole rings is 1. The van der Waals surface area contributed by atoms with Crippen LogP contribution in [-0.2, 0) is 23.6 Å². The molecule has 0 saturated heterocycles. The molecule has 0 aromatic carbocycles. The summed E-state index contributed by atoms with van der Waals surface area (Å²) in [6, 6.07) is 0. The number of esters is 1. The number of aromatic nitrogens is 4. The molecule has 0 bridgehead atoms. The van der Waals surface area contributed by atoms with E-state index in [1.54, 1.807) is 21.0 Å². The number of ether oxygens (including phenoxy) is 1. The van der Waals surface area contributed by atoms with E-state index in [1.807, 2.05) is 0 Å². The summed E-state index contributed by atoms with van der Waals surface area (Å²) in [5, 5.41) is 0.614. The molecule has 0 fully saturated rings. The number of fused-ring (bicyclic) bond motifs is 1. The zero-order valence-electron chi connectivity index (χ0n) is 10.9. The van der Waals surface area contributed by atoms with Crippen molar-refractivity contribution in [2.45, 2.75) is 11.9 Å². The van der Waals surface area contributed by atoms with Gasteiger partial charge in [0.05, 0.1) is 12.4 Å². The first-order valence-electron chi connectivity index (χ1n) is 5.71. The summed E-state index contributed by atoms with van der Waals surface area (Å²) in [4.78, 5) is 31.6. The average Bonchev–Trinajstić information content (AvgIpc) is 2.85. The van der Waals surface area contributed by atoms with Crippen LogP contribution in [0.15, 0.2) is 16.1 Å². The molecule has 0 spiro atoms. The van der Waals surface area contributed by atoms with E-state index in [9.17, 15) is 9.59 Å². The second kappa shape index (κ2) is 5.43. The van der Waals surface area contributed by atoms with Gasteiger partial charge in [-0.3, -0.25) is 13.9 Å². The SMILES string of the molecule is CCOC(=O)CSc1c2ncnc-2n(C)c(=O)n1C. The summed E-state index contributed by atoms with van der Waals surface area (Å²) in [6.45, 7) is 2.09. The van der Waals surface area contributed by atoms with Crippen molar-refractivity contribution in [1.29, 1.82) is 0 Å². The van der Waals surface area contributed by atoms with E-state index in [1.165, 1.54) is 27.2 Å². The Morgan fingerprint density at radius 2 is 2.11 bits per heavy atom. The Hall–Kier alpha value is -1.83. The topological polar surface area (TPSA) is 79.0 Å². The summed E-state index contributed by atoms with van der Waals surface area (Å²) in [7, 11) is 3.28. The lowest BCUT2D eigenvalue weighted by atomic mass is 10.4. The van der Waals surface area contributed by atoms with Crippen molar-refractivity contribution in [3.63, 3.8) is 0 Å². The van der Waals surface area contributed by atoms with Crippen LogP contribution in [0.5, 0.6) is 0 Å². The maximum Gasteiger partial charge on any atom is 0.330 e. The summed E-state index contributed by atoms with van der Waals surface area (Å²) in [5.41, 5.74) is 0.401. The maximum atomic E-state index is 12.0. The van der Waals surface area contributed by atoms with Gasteiger partial charge in [0.1, 0.15) is 17.0 Å². The third-order valence-corrected chi connectivity index (χ3v) is 3.73. The van der Waals surface area contributed by atoms with Gasteiger partial charge in [-0.2, -0.15) is 0 Å². The minimum Gasteiger partial charge on any atom is -0.465 e. The third kappa shape index (κ3) is 2.48. The summed E-state index contributed by atoms with van der Waals surface area (Å²) in [6.07, 6.45) is 1.40. The number of hydrogen-bond acceptors (Lipinski definition) is 6. The van der Waals surface area contributed by atoms with Crippen molar-refractivity contribution in [2.75, 3.05) is 12.4 Å². The molecule has 2 heterocycles. The van der Waals surface area contributed by atoms with Gasteiger partial charge in [0, 0.05) is 14.1 Å². The van der Waals surface area contributed by atoms with Gasteiger partial charge < -0.3 is 4.74 Å². The number of carbonyl (C=O) groups excluding carboxylic acids is 1. The molecule has 0 aliphatic carbocycles. The van der Waals surface area contributed by atoms with Gasteiger partial charge in [-0.05, 0) is 6.92 Å². The molecule has 19 heavy (non-hydrogen) atoms. The highest BCUT2D eigenvalue weighted by molar-refractivity contribution is 8.00. The molecule has 0 amide bonds. The molecule has 0 saturated carbocycles. The Balaban J connectivity index is 2.36. The number of thioether (sulfide) groups is 1. The lowest BCUT2D eigenvalue weighted by molar-refractivity contribution is -0.139. The zero-order chi connectivity index (χ0) is 14.0. The predicted octanol–water partition coefficient (Wildman–Crippen LogP) is 0.274. The molecule has 0 aromatic rings. The highest BCUT2D eigenvalue weighted by atomic mass is 32.2. The molecular formula is C11H14N4O3S. The maximum absolute atomic E-state index is 12.0. The van der Waals surface area contributed by atoms with Gasteiger partial charge in [-0.25, -0.2) is 14.8 Å². The summed E-state index contributed by atoms with van der Waals surface area (Å²) in [5.74, 6) is 0.326. The van der Waals surface area contributed by atoms with Crippen LogP contribution in [-0.4, -0.2) is 37.4 Å². The second-order valence-electron chi connectivity index (χ2n) is 3.85. The van der Waals surface area contributed by atoms with Crippen LogP contribution in [0.25, 0.3) is 11.5 Å². The third-order valence-electron chi connectivity index (χ3n) is 2.61. The second-order valence-corrected chi connectivity index (χ2v) is 4.81. The Morgan fingerprint density at radius 1 is 1.37 bits per heavy atom. The first-order valence-corrected chi connectivity index (χ1v) is 6.69. The molecule has 0 N–H and O–H groups in total. The van der Waals surface area contributed by atoms with E-state index in [4.69, 9.17) is 4.74 Å². The van der Waals surface area contributed by atoms with E-state index in [0.29, 0.717) is 23.2 Å². The van der Waals surface area contributed by atoms with Crippen LogP contribution in [0, 0.1) is 0 Å². The Morgan fingerprint density at radius 3 is 2.79 bits per heavy atom. The van der Waals surface area contributed by atoms with Crippen LogP contribution < -0.4 is 5.69 Å². The average molecular weight is 282 g/mol. The molecule has 8 heteroatoms. The summed E-state index contributed by atoms with van der Waals surface area (Å²) >= 11 is 1.22. The minimum atomic E-state index is -0.319. The predicted molar refractivity (Wildman–Crippen MR) is 70.2 cm³/mol. The van der Waals surface area contributed by atoms with Gasteiger partial charge in [-0.15, -0.1) is 0 Å². The lowest BCUT2D eigenvalue weighted by Gasteiger charge is -2.13. The fourth-order valence-electron chi connectivity index (χ4n) is 1.71. The van der Waals surface area contributed by atoms with Gasteiger partial charge in [-0.1, -0.05) is 11.8 Å². The molecule has 0 unspecified atom stereocenters. The molecular weight excluding hydrogens is 268 g/mol. The van der Waals surface area contributed by atoms with Crippen molar-refractivity contribution in [1.82, 2.24) is 19.1 Å². The smallest absolute Gasteiger partial charge is 0.330 e. The van der Waals surface area contributed by atoms with Crippen molar-refractivity contribution in [3.8, 4) is 11.5 Å². The Kier molecular flexibility index (Phi) is 3.89. The molecule has 0 radical (unpaired) electrons.